The molecule has 6 nitrogen and oxygen atoms in total. The van der Waals surface area contributed by atoms with Crippen LogP contribution in [0.5, 0.6) is 0 Å². The normalized spacial score (nSPS) is 13.4. The zero-order chi connectivity index (χ0) is 15.8. The summed E-state index contributed by atoms with van der Waals surface area (Å²) >= 11 is 0. The molecule has 0 aromatic carbocycles. The van der Waals surface area contributed by atoms with E-state index in [0.29, 0.717) is 0 Å². The summed E-state index contributed by atoms with van der Waals surface area (Å²) in [6.07, 6.45) is -0.442. The van der Waals surface area contributed by atoms with E-state index in [2.05, 4.69) is 0 Å². The molecule has 0 heterocycles. The third-order valence-corrected chi connectivity index (χ3v) is 6.73. The van der Waals surface area contributed by atoms with Crippen molar-refractivity contribution in [3.05, 3.63) is 0 Å². The van der Waals surface area contributed by atoms with Gasteiger partial charge >= 0.3 is 15.2 Å². The van der Waals surface area contributed by atoms with E-state index in [1.165, 1.54) is 0 Å². The van der Waals surface area contributed by atoms with E-state index in [1.54, 1.807) is 41.5 Å². The fraction of sp³-hybridized carbons (Fsp3) is 1.00. The van der Waals surface area contributed by atoms with E-state index in [0.717, 1.165) is 0 Å². The highest BCUT2D eigenvalue weighted by Gasteiger charge is 2.33. The van der Waals surface area contributed by atoms with Gasteiger partial charge in [0.1, 0.15) is 0 Å². The maximum absolute atomic E-state index is 12.6. The molecule has 0 atom stereocenters. The van der Waals surface area contributed by atoms with Crippen LogP contribution in [0, 0.1) is 0 Å². The third-order valence-electron chi connectivity index (χ3n) is 2.04. The zero-order valence-corrected chi connectivity index (χ0v) is 15.1. The van der Waals surface area contributed by atoms with Crippen LogP contribution in [-0.4, -0.2) is 37.7 Å². The Hall–Kier alpha value is 0.300. The maximum atomic E-state index is 12.6. The van der Waals surface area contributed by atoms with Crippen molar-refractivity contribution in [2.45, 2.75) is 53.8 Å². The number of hydrogen-bond donors (Lipinski definition) is 0. The largest absolute Gasteiger partial charge is 0.331 e. The Labute approximate surface area is 122 Å². The summed E-state index contributed by atoms with van der Waals surface area (Å²) in [5, 5.41) is 0. The monoisotopic (exact) mass is 330 g/mol. The van der Waals surface area contributed by atoms with Crippen LogP contribution in [-0.2, 0) is 27.2 Å². The minimum Gasteiger partial charge on any atom is -0.309 e. The van der Waals surface area contributed by atoms with Crippen molar-refractivity contribution in [1.29, 1.82) is 0 Å². The van der Waals surface area contributed by atoms with Crippen LogP contribution >= 0.6 is 15.2 Å². The van der Waals surface area contributed by atoms with Crippen LogP contribution in [0.25, 0.3) is 0 Å². The quantitative estimate of drug-likeness (QED) is 0.526. The lowest BCUT2D eigenvalue weighted by Gasteiger charge is -2.24. The molecule has 0 aromatic rings. The smallest absolute Gasteiger partial charge is 0.309 e. The van der Waals surface area contributed by atoms with Gasteiger partial charge in [0.25, 0.3) is 0 Å². The van der Waals surface area contributed by atoms with Crippen LogP contribution < -0.4 is 0 Å². The summed E-state index contributed by atoms with van der Waals surface area (Å²) < 4.78 is 46.1. The second-order valence-corrected chi connectivity index (χ2v) is 9.09. The van der Waals surface area contributed by atoms with Crippen LogP contribution in [0.4, 0.5) is 0 Å². The molecule has 0 aliphatic carbocycles. The molecule has 0 aromatic heterocycles. The van der Waals surface area contributed by atoms with Crippen LogP contribution in [0.1, 0.15) is 41.5 Å². The van der Waals surface area contributed by atoms with Crippen molar-refractivity contribution in [3.8, 4) is 0 Å². The summed E-state index contributed by atoms with van der Waals surface area (Å²) in [5.74, 6) is 0. The van der Waals surface area contributed by atoms with Gasteiger partial charge in [-0.2, -0.15) is 0 Å². The van der Waals surface area contributed by atoms with Gasteiger partial charge in [-0.05, 0) is 41.5 Å². The first-order valence-corrected chi connectivity index (χ1v) is 10.5. The SMILES string of the molecule is CCOP(=O)(CCP(=O)(OC(C)C)OC(C)C)OCC. The lowest BCUT2D eigenvalue weighted by Crippen LogP contribution is -2.13. The summed E-state index contributed by atoms with van der Waals surface area (Å²) in [5.41, 5.74) is 0. The summed E-state index contributed by atoms with van der Waals surface area (Å²) in [7, 11) is -6.54. The van der Waals surface area contributed by atoms with Gasteiger partial charge in [0.05, 0.1) is 37.7 Å². The molecule has 0 aliphatic rings. The highest BCUT2D eigenvalue weighted by molar-refractivity contribution is 7.58. The Morgan fingerprint density at radius 2 is 1.10 bits per heavy atom. The molecular formula is C12H28O6P2. The summed E-state index contributed by atoms with van der Waals surface area (Å²) in [4.78, 5) is 0. The molecule has 122 valence electrons. The molecular weight excluding hydrogens is 302 g/mol. The molecule has 0 unspecified atom stereocenters. The fourth-order valence-corrected chi connectivity index (χ4v) is 6.20. The Morgan fingerprint density at radius 1 is 0.750 bits per heavy atom. The maximum Gasteiger partial charge on any atom is 0.331 e. The first-order chi connectivity index (χ1) is 9.16. The Morgan fingerprint density at radius 3 is 1.40 bits per heavy atom. The molecule has 0 saturated heterocycles. The van der Waals surface area contributed by atoms with Crippen molar-refractivity contribution in [3.63, 3.8) is 0 Å². The molecule has 0 bridgehead atoms. The molecule has 0 aliphatic heterocycles. The van der Waals surface area contributed by atoms with Gasteiger partial charge in [0, 0.05) is 0 Å². The van der Waals surface area contributed by atoms with Gasteiger partial charge < -0.3 is 18.1 Å². The van der Waals surface area contributed by atoms with E-state index in [9.17, 15) is 9.13 Å². The number of rotatable bonds is 11. The molecule has 0 spiro atoms. The Balaban J connectivity index is 4.80. The number of hydrogen-bond acceptors (Lipinski definition) is 6. The van der Waals surface area contributed by atoms with E-state index in [-0.39, 0.29) is 37.7 Å². The Bertz CT molecular complexity index is 332. The van der Waals surface area contributed by atoms with Crippen molar-refractivity contribution in [2.75, 3.05) is 25.5 Å². The predicted octanol–water partition coefficient (Wildman–Crippen LogP) is 4.30. The second kappa shape index (κ2) is 9.34. The first-order valence-electron chi connectivity index (χ1n) is 7.00. The van der Waals surface area contributed by atoms with E-state index < -0.39 is 15.2 Å². The molecule has 0 fully saturated rings. The fourth-order valence-electron chi connectivity index (χ4n) is 1.58. The van der Waals surface area contributed by atoms with Crippen molar-refractivity contribution < 1.29 is 27.2 Å². The summed E-state index contributed by atoms with van der Waals surface area (Å²) in [6.45, 7) is 11.1. The first kappa shape index (κ1) is 20.3. The highest BCUT2D eigenvalue weighted by atomic mass is 31.2. The Kier molecular flexibility index (Phi) is 9.48. The van der Waals surface area contributed by atoms with Crippen LogP contribution in [0.2, 0.25) is 0 Å². The highest BCUT2D eigenvalue weighted by Crippen LogP contribution is 2.56. The van der Waals surface area contributed by atoms with Crippen molar-refractivity contribution in [1.82, 2.24) is 0 Å². The van der Waals surface area contributed by atoms with Crippen LogP contribution in [0.3, 0.4) is 0 Å². The van der Waals surface area contributed by atoms with Gasteiger partial charge in [0.2, 0.25) is 0 Å². The van der Waals surface area contributed by atoms with Gasteiger partial charge in [0.15, 0.2) is 0 Å². The topological polar surface area (TPSA) is 71.1 Å². The third kappa shape index (κ3) is 8.56. The van der Waals surface area contributed by atoms with Gasteiger partial charge in [-0.25, -0.2) is 0 Å². The van der Waals surface area contributed by atoms with E-state index >= 15 is 0 Å². The standard InChI is InChI=1S/C12H28O6P2/c1-7-15-19(13,16-8-2)9-10-20(14,17-11(3)4)18-12(5)6/h11-12H,7-10H2,1-6H3. The van der Waals surface area contributed by atoms with Gasteiger partial charge in [-0.1, -0.05) is 0 Å². The molecule has 0 rings (SSSR count). The molecule has 0 radical (unpaired) electrons. The minimum atomic E-state index is -3.31. The molecule has 0 amide bonds. The molecule has 8 heteroatoms. The lowest BCUT2D eigenvalue weighted by molar-refractivity contribution is 0.142. The molecule has 20 heavy (non-hydrogen) atoms. The van der Waals surface area contributed by atoms with Crippen LogP contribution in [0.15, 0.2) is 0 Å². The minimum absolute atomic E-state index is 0.0145. The zero-order valence-electron chi connectivity index (χ0n) is 13.3. The molecule has 0 saturated carbocycles. The van der Waals surface area contributed by atoms with Crippen molar-refractivity contribution >= 4 is 15.2 Å². The predicted molar refractivity (Wildman–Crippen MR) is 80.6 cm³/mol. The van der Waals surface area contributed by atoms with Gasteiger partial charge in [-0.15, -0.1) is 0 Å². The van der Waals surface area contributed by atoms with E-state index in [4.69, 9.17) is 18.1 Å². The lowest BCUT2D eigenvalue weighted by atomic mass is 10.5. The average molecular weight is 330 g/mol. The van der Waals surface area contributed by atoms with E-state index in [1.807, 2.05) is 0 Å². The summed E-state index contributed by atoms with van der Waals surface area (Å²) in [6, 6.07) is 0. The molecule has 0 N–H and O–H groups in total. The second-order valence-electron chi connectivity index (χ2n) is 4.81. The van der Waals surface area contributed by atoms with Gasteiger partial charge in [-0.3, -0.25) is 9.13 Å². The van der Waals surface area contributed by atoms with Crippen molar-refractivity contribution in [2.24, 2.45) is 0 Å². The average Bonchev–Trinajstić information content (AvgIpc) is 2.25.